The lowest BCUT2D eigenvalue weighted by Gasteiger charge is -2.37. The Hall–Kier alpha value is -2.33. The molecular formula is C22H27N3O. The number of piperazine rings is 1. The number of benzene rings is 1. The molecule has 4 heteroatoms. The molecule has 0 unspecified atom stereocenters. The predicted octanol–water partition coefficient (Wildman–Crippen LogP) is 3.52. The van der Waals surface area contributed by atoms with Crippen molar-refractivity contribution in [3.05, 3.63) is 60.0 Å². The number of Topliss-reactive ketones (excluding diaryl/α,β-unsaturated/α-hetero) is 1. The third-order valence-electron chi connectivity index (χ3n) is 5.54. The number of carbonyl (C=O) groups excluding carboxylic acids is 1. The van der Waals surface area contributed by atoms with Crippen molar-refractivity contribution in [2.75, 3.05) is 32.7 Å². The van der Waals surface area contributed by atoms with Gasteiger partial charge in [0.25, 0.3) is 0 Å². The second-order valence-corrected chi connectivity index (χ2v) is 7.25. The van der Waals surface area contributed by atoms with E-state index in [0.717, 1.165) is 44.8 Å². The van der Waals surface area contributed by atoms with Crippen LogP contribution in [0.5, 0.6) is 0 Å². The minimum Gasteiger partial charge on any atom is -0.366 e. The van der Waals surface area contributed by atoms with Gasteiger partial charge in [-0.05, 0) is 43.5 Å². The maximum absolute atomic E-state index is 12.0. The van der Waals surface area contributed by atoms with Gasteiger partial charge in [0, 0.05) is 49.7 Å². The third-order valence-corrected chi connectivity index (χ3v) is 5.54. The van der Waals surface area contributed by atoms with Crippen LogP contribution in [0.25, 0.3) is 10.9 Å². The van der Waals surface area contributed by atoms with E-state index in [1.54, 1.807) is 0 Å². The molecule has 4 rings (SSSR count). The molecule has 26 heavy (non-hydrogen) atoms. The summed E-state index contributed by atoms with van der Waals surface area (Å²) in [7, 11) is 0. The maximum atomic E-state index is 12.0. The van der Waals surface area contributed by atoms with Crippen molar-refractivity contribution in [2.45, 2.75) is 25.7 Å². The fourth-order valence-corrected chi connectivity index (χ4v) is 4.02. The summed E-state index contributed by atoms with van der Waals surface area (Å²) in [5, 5.41) is 1.36. The fourth-order valence-electron chi connectivity index (χ4n) is 4.02. The second kappa shape index (κ2) is 7.92. The van der Waals surface area contributed by atoms with Crippen LogP contribution in [0.1, 0.15) is 24.8 Å². The minimum atomic E-state index is 0.264. The lowest BCUT2D eigenvalue weighted by Crippen LogP contribution is -2.47. The summed E-state index contributed by atoms with van der Waals surface area (Å²) in [6.45, 7) is 5.20. The molecule has 1 saturated heterocycles. The van der Waals surface area contributed by atoms with Crippen LogP contribution in [0.2, 0.25) is 0 Å². The van der Waals surface area contributed by atoms with Crippen molar-refractivity contribution in [1.82, 2.24) is 14.8 Å². The highest BCUT2D eigenvalue weighted by Gasteiger charge is 2.22. The summed E-state index contributed by atoms with van der Waals surface area (Å²) in [6.07, 6.45) is 12.2. The molecule has 0 atom stereocenters. The lowest BCUT2D eigenvalue weighted by molar-refractivity contribution is -0.116. The van der Waals surface area contributed by atoms with Gasteiger partial charge >= 0.3 is 0 Å². The molecular weight excluding hydrogens is 322 g/mol. The second-order valence-electron chi connectivity index (χ2n) is 7.25. The zero-order valence-corrected chi connectivity index (χ0v) is 15.3. The van der Waals surface area contributed by atoms with E-state index < -0.39 is 0 Å². The van der Waals surface area contributed by atoms with Gasteiger partial charge in [-0.2, -0.15) is 0 Å². The van der Waals surface area contributed by atoms with Crippen molar-refractivity contribution in [2.24, 2.45) is 0 Å². The molecule has 0 saturated carbocycles. The Morgan fingerprint density at radius 1 is 1.04 bits per heavy atom. The fraction of sp³-hybridized carbons (Fsp3) is 0.409. The van der Waals surface area contributed by atoms with Crippen LogP contribution in [0.15, 0.2) is 54.4 Å². The normalized spacial score (nSPS) is 18.5. The van der Waals surface area contributed by atoms with E-state index in [9.17, 15) is 4.79 Å². The summed E-state index contributed by atoms with van der Waals surface area (Å²) in [5.74, 6) is 0.264. The predicted molar refractivity (Wildman–Crippen MR) is 106 cm³/mol. The molecule has 136 valence electrons. The van der Waals surface area contributed by atoms with E-state index in [4.69, 9.17) is 0 Å². The van der Waals surface area contributed by atoms with Crippen molar-refractivity contribution in [3.63, 3.8) is 0 Å². The largest absolute Gasteiger partial charge is 0.366 e. The quantitative estimate of drug-likeness (QED) is 0.811. The van der Waals surface area contributed by atoms with E-state index in [1.807, 2.05) is 18.2 Å². The van der Waals surface area contributed by atoms with Gasteiger partial charge in [0.05, 0.1) is 5.70 Å². The van der Waals surface area contributed by atoms with Crippen LogP contribution in [0, 0.1) is 0 Å². The van der Waals surface area contributed by atoms with Crippen LogP contribution >= 0.6 is 0 Å². The number of para-hydroxylation sites is 1. The highest BCUT2D eigenvalue weighted by atomic mass is 16.1. The maximum Gasteiger partial charge on any atom is 0.182 e. The molecule has 1 aromatic heterocycles. The zero-order valence-electron chi connectivity index (χ0n) is 15.3. The number of nitrogens with zero attached hydrogens (tertiary/aromatic N) is 2. The highest BCUT2D eigenvalue weighted by molar-refractivity contribution is 5.97. The van der Waals surface area contributed by atoms with E-state index in [0.29, 0.717) is 6.42 Å². The number of aromatic amines is 1. The molecule has 0 amide bonds. The molecule has 2 heterocycles. The summed E-state index contributed by atoms with van der Waals surface area (Å²) in [6, 6.07) is 8.54. The highest BCUT2D eigenvalue weighted by Crippen LogP contribution is 2.20. The van der Waals surface area contributed by atoms with Crippen molar-refractivity contribution >= 4 is 16.7 Å². The number of unbranched alkanes of at least 4 members (excludes halogenated alkanes) is 1. The topological polar surface area (TPSA) is 39.3 Å². The van der Waals surface area contributed by atoms with Crippen LogP contribution in [-0.4, -0.2) is 53.3 Å². The molecule has 0 bridgehead atoms. The molecule has 1 aliphatic heterocycles. The minimum absolute atomic E-state index is 0.264. The van der Waals surface area contributed by atoms with E-state index in [2.05, 4.69) is 45.2 Å². The summed E-state index contributed by atoms with van der Waals surface area (Å²) in [4.78, 5) is 20.2. The summed E-state index contributed by atoms with van der Waals surface area (Å²) in [5.41, 5.74) is 3.58. The van der Waals surface area contributed by atoms with E-state index >= 15 is 0 Å². The van der Waals surface area contributed by atoms with Gasteiger partial charge in [0.1, 0.15) is 0 Å². The zero-order chi connectivity index (χ0) is 17.8. The molecule has 2 aromatic rings. The number of hydrogen-bond donors (Lipinski definition) is 1. The lowest BCUT2D eigenvalue weighted by atomic mass is 10.1. The number of allylic oxidation sites excluding steroid dienone is 4. The van der Waals surface area contributed by atoms with E-state index in [-0.39, 0.29) is 5.78 Å². The number of aryl methyl sites for hydroxylation is 1. The smallest absolute Gasteiger partial charge is 0.182 e. The number of fused-ring (bicyclic) bond motifs is 1. The van der Waals surface area contributed by atoms with E-state index in [1.165, 1.54) is 29.3 Å². The van der Waals surface area contributed by atoms with Gasteiger partial charge in [-0.15, -0.1) is 0 Å². The standard InChI is InChI=1S/C22H27N3O/c26-22-11-4-3-10-21(22)25-15-13-24(14-16-25)12-6-5-7-18-17-23-20-9-2-1-8-19(18)20/h1-4,8-10,17,23H,5-7,11-16H2. The Morgan fingerprint density at radius 3 is 2.73 bits per heavy atom. The van der Waals surface area contributed by atoms with Gasteiger partial charge in [-0.3, -0.25) is 9.69 Å². The number of hydrogen-bond acceptors (Lipinski definition) is 3. The van der Waals surface area contributed by atoms with Crippen molar-refractivity contribution in [3.8, 4) is 0 Å². The molecule has 2 aliphatic rings. The van der Waals surface area contributed by atoms with Crippen LogP contribution in [0.4, 0.5) is 0 Å². The Balaban J connectivity index is 1.20. The Bertz CT molecular complexity index is 825. The SMILES string of the molecule is O=C1CC=CC=C1N1CCN(CCCCc2c[nH]c3ccccc23)CC1. The molecule has 1 aliphatic carbocycles. The molecule has 4 nitrogen and oxygen atoms in total. The average Bonchev–Trinajstić information content (AvgIpc) is 3.09. The van der Waals surface area contributed by atoms with Gasteiger partial charge < -0.3 is 9.88 Å². The molecule has 1 aromatic carbocycles. The average molecular weight is 349 g/mol. The van der Waals surface area contributed by atoms with Gasteiger partial charge in [0.2, 0.25) is 0 Å². The molecule has 0 spiro atoms. The first-order valence-corrected chi connectivity index (χ1v) is 9.73. The third kappa shape index (κ3) is 3.75. The monoisotopic (exact) mass is 349 g/mol. The molecule has 1 N–H and O–H groups in total. The van der Waals surface area contributed by atoms with Crippen LogP contribution < -0.4 is 0 Å². The van der Waals surface area contributed by atoms with Gasteiger partial charge in [0.15, 0.2) is 5.78 Å². The van der Waals surface area contributed by atoms with Gasteiger partial charge in [-0.25, -0.2) is 0 Å². The van der Waals surface area contributed by atoms with Crippen LogP contribution in [0.3, 0.4) is 0 Å². The number of nitrogens with one attached hydrogen (secondary N) is 1. The number of rotatable bonds is 6. The number of ketones is 1. The first-order valence-electron chi connectivity index (χ1n) is 9.73. The Kier molecular flexibility index (Phi) is 5.21. The number of aromatic nitrogens is 1. The summed E-state index contributed by atoms with van der Waals surface area (Å²) < 4.78 is 0. The van der Waals surface area contributed by atoms with Crippen molar-refractivity contribution < 1.29 is 4.79 Å². The first-order chi connectivity index (χ1) is 12.8. The van der Waals surface area contributed by atoms with Gasteiger partial charge in [-0.1, -0.05) is 30.4 Å². The number of H-pyrrole nitrogens is 1. The Morgan fingerprint density at radius 2 is 1.88 bits per heavy atom. The summed E-state index contributed by atoms with van der Waals surface area (Å²) >= 11 is 0. The first kappa shape index (κ1) is 17.1. The molecule has 0 radical (unpaired) electrons. The number of carbonyl (C=O) groups is 1. The van der Waals surface area contributed by atoms with Crippen LogP contribution in [-0.2, 0) is 11.2 Å². The Labute approximate surface area is 155 Å². The van der Waals surface area contributed by atoms with Crippen molar-refractivity contribution in [1.29, 1.82) is 0 Å². The molecule has 1 fully saturated rings.